The minimum Gasteiger partial charge on any atom is -0.383 e. The van der Waals surface area contributed by atoms with Crippen molar-refractivity contribution in [3.63, 3.8) is 0 Å². The Labute approximate surface area is 150 Å². The van der Waals surface area contributed by atoms with E-state index in [1.165, 1.54) is 0 Å². The standard InChI is InChI=1S/C17H23BrN4O2/c1-11-5-6-14(18)9-16(11)20-17(23)19-10-15-12(2)21-22(13(15)3)7-8-24-4/h5-6,9H,7-8,10H2,1-4H3,(H2,19,20,23). The number of halogens is 1. The Balaban J connectivity index is 1.99. The number of aromatic nitrogens is 2. The molecule has 7 heteroatoms. The maximum Gasteiger partial charge on any atom is 0.319 e. The zero-order valence-corrected chi connectivity index (χ0v) is 16.0. The summed E-state index contributed by atoms with van der Waals surface area (Å²) < 4.78 is 7.93. The van der Waals surface area contributed by atoms with Gasteiger partial charge in [0.25, 0.3) is 0 Å². The van der Waals surface area contributed by atoms with E-state index in [2.05, 4.69) is 31.7 Å². The number of nitrogens with zero attached hydrogens (tertiary/aromatic N) is 2. The highest BCUT2D eigenvalue weighted by Gasteiger charge is 2.13. The maximum absolute atomic E-state index is 12.2. The van der Waals surface area contributed by atoms with Gasteiger partial charge in [0.05, 0.1) is 18.8 Å². The number of aryl methyl sites for hydroxylation is 2. The number of ether oxygens (including phenoxy) is 1. The fraction of sp³-hybridized carbons (Fsp3) is 0.412. The third-order valence-electron chi connectivity index (χ3n) is 3.91. The first-order chi connectivity index (χ1) is 11.4. The van der Waals surface area contributed by atoms with Crippen LogP contribution < -0.4 is 10.6 Å². The zero-order valence-electron chi connectivity index (χ0n) is 14.4. The van der Waals surface area contributed by atoms with E-state index in [1.807, 2.05) is 43.7 Å². The highest BCUT2D eigenvalue weighted by atomic mass is 79.9. The van der Waals surface area contributed by atoms with E-state index in [-0.39, 0.29) is 6.03 Å². The molecular weight excluding hydrogens is 372 g/mol. The minimum absolute atomic E-state index is 0.236. The van der Waals surface area contributed by atoms with Crippen molar-refractivity contribution in [2.75, 3.05) is 19.0 Å². The minimum atomic E-state index is -0.236. The molecule has 0 bridgehead atoms. The van der Waals surface area contributed by atoms with Crippen molar-refractivity contribution in [3.05, 3.63) is 45.2 Å². The van der Waals surface area contributed by atoms with Gasteiger partial charge in [0.2, 0.25) is 0 Å². The van der Waals surface area contributed by atoms with Crippen molar-refractivity contribution >= 4 is 27.6 Å². The lowest BCUT2D eigenvalue weighted by atomic mass is 10.2. The molecule has 0 spiro atoms. The number of hydrogen-bond acceptors (Lipinski definition) is 3. The fourth-order valence-electron chi connectivity index (χ4n) is 2.45. The third-order valence-corrected chi connectivity index (χ3v) is 4.41. The van der Waals surface area contributed by atoms with Gasteiger partial charge >= 0.3 is 6.03 Å². The molecule has 0 aliphatic heterocycles. The largest absolute Gasteiger partial charge is 0.383 e. The van der Waals surface area contributed by atoms with Gasteiger partial charge in [-0.05, 0) is 38.5 Å². The first-order valence-corrected chi connectivity index (χ1v) is 8.54. The Kier molecular flexibility index (Phi) is 6.39. The molecule has 2 N–H and O–H groups in total. The second-order valence-corrected chi connectivity index (χ2v) is 6.55. The Morgan fingerprint density at radius 1 is 1.33 bits per heavy atom. The summed E-state index contributed by atoms with van der Waals surface area (Å²) in [7, 11) is 1.67. The van der Waals surface area contributed by atoms with E-state index in [1.54, 1.807) is 7.11 Å². The fourth-order valence-corrected chi connectivity index (χ4v) is 2.81. The van der Waals surface area contributed by atoms with Gasteiger partial charge in [0.15, 0.2) is 0 Å². The van der Waals surface area contributed by atoms with Crippen LogP contribution in [0.2, 0.25) is 0 Å². The number of amides is 2. The predicted molar refractivity (Wildman–Crippen MR) is 98.3 cm³/mol. The number of hydrogen-bond donors (Lipinski definition) is 2. The molecule has 0 saturated heterocycles. The predicted octanol–water partition coefficient (Wildman–Crippen LogP) is 3.54. The SMILES string of the molecule is COCCn1nc(C)c(CNC(=O)Nc2cc(Br)ccc2C)c1C. The van der Waals surface area contributed by atoms with Crippen LogP contribution in [0.4, 0.5) is 10.5 Å². The molecule has 0 aliphatic carbocycles. The molecule has 0 radical (unpaired) electrons. The summed E-state index contributed by atoms with van der Waals surface area (Å²) in [6, 6.07) is 5.54. The van der Waals surface area contributed by atoms with E-state index in [0.717, 1.165) is 32.7 Å². The average molecular weight is 395 g/mol. The third kappa shape index (κ3) is 4.58. The van der Waals surface area contributed by atoms with Crippen molar-refractivity contribution in [2.45, 2.75) is 33.9 Å². The molecule has 130 valence electrons. The first kappa shape index (κ1) is 18.5. The van der Waals surface area contributed by atoms with Crippen molar-refractivity contribution in [2.24, 2.45) is 0 Å². The molecule has 1 heterocycles. The average Bonchev–Trinajstić information content (AvgIpc) is 2.81. The monoisotopic (exact) mass is 394 g/mol. The summed E-state index contributed by atoms with van der Waals surface area (Å²) >= 11 is 3.41. The second-order valence-electron chi connectivity index (χ2n) is 5.63. The Bertz CT molecular complexity index is 728. The Morgan fingerprint density at radius 2 is 2.08 bits per heavy atom. The molecule has 1 aromatic carbocycles. The van der Waals surface area contributed by atoms with Crippen LogP contribution in [-0.4, -0.2) is 29.5 Å². The van der Waals surface area contributed by atoms with Gasteiger partial charge in [0, 0.05) is 35.1 Å². The Morgan fingerprint density at radius 3 is 2.79 bits per heavy atom. The highest BCUT2D eigenvalue weighted by Crippen LogP contribution is 2.20. The number of carbonyl (C=O) groups is 1. The molecule has 0 aliphatic rings. The summed E-state index contributed by atoms with van der Waals surface area (Å²) in [4.78, 5) is 12.2. The first-order valence-electron chi connectivity index (χ1n) is 7.75. The second kappa shape index (κ2) is 8.30. The highest BCUT2D eigenvalue weighted by molar-refractivity contribution is 9.10. The summed E-state index contributed by atoms with van der Waals surface area (Å²) in [5, 5.41) is 10.3. The van der Waals surface area contributed by atoms with Gasteiger partial charge in [-0.25, -0.2) is 4.79 Å². The molecule has 0 saturated carbocycles. The molecule has 6 nitrogen and oxygen atoms in total. The van der Waals surface area contributed by atoms with Crippen LogP contribution in [0.3, 0.4) is 0 Å². The molecule has 24 heavy (non-hydrogen) atoms. The van der Waals surface area contributed by atoms with Crippen LogP contribution in [0.5, 0.6) is 0 Å². The van der Waals surface area contributed by atoms with Crippen molar-refractivity contribution in [1.29, 1.82) is 0 Å². The van der Waals surface area contributed by atoms with E-state index in [4.69, 9.17) is 4.74 Å². The van der Waals surface area contributed by atoms with Crippen LogP contribution in [0.1, 0.15) is 22.5 Å². The number of rotatable bonds is 6. The topological polar surface area (TPSA) is 68.2 Å². The van der Waals surface area contributed by atoms with Gasteiger partial charge in [-0.1, -0.05) is 22.0 Å². The van der Waals surface area contributed by atoms with Crippen molar-refractivity contribution < 1.29 is 9.53 Å². The quantitative estimate of drug-likeness (QED) is 0.786. The van der Waals surface area contributed by atoms with E-state index in [0.29, 0.717) is 19.7 Å². The maximum atomic E-state index is 12.2. The molecule has 0 fully saturated rings. The van der Waals surface area contributed by atoms with E-state index >= 15 is 0 Å². The number of nitrogens with one attached hydrogen (secondary N) is 2. The molecular formula is C17H23BrN4O2. The lowest BCUT2D eigenvalue weighted by Gasteiger charge is -2.11. The van der Waals surface area contributed by atoms with Crippen molar-refractivity contribution in [3.8, 4) is 0 Å². The number of urea groups is 1. The van der Waals surface area contributed by atoms with Crippen LogP contribution >= 0.6 is 15.9 Å². The molecule has 2 aromatic rings. The normalized spacial score (nSPS) is 10.7. The van der Waals surface area contributed by atoms with Crippen molar-refractivity contribution in [1.82, 2.24) is 15.1 Å². The summed E-state index contributed by atoms with van der Waals surface area (Å²) in [6.45, 7) is 7.65. The van der Waals surface area contributed by atoms with Crippen LogP contribution in [0.25, 0.3) is 0 Å². The smallest absolute Gasteiger partial charge is 0.319 e. The van der Waals surface area contributed by atoms with Crippen LogP contribution in [0, 0.1) is 20.8 Å². The van der Waals surface area contributed by atoms with Gasteiger partial charge < -0.3 is 15.4 Å². The summed E-state index contributed by atoms with van der Waals surface area (Å²) in [6.07, 6.45) is 0. The van der Waals surface area contributed by atoms with E-state index < -0.39 is 0 Å². The summed E-state index contributed by atoms with van der Waals surface area (Å²) in [5.41, 5.74) is 4.79. The molecule has 2 rings (SSSR count). The summed E-state index contributed by atoms with van der Waals surface area (Å²) in [5.74, 6) is 0. The van der Waals surface area contributed by atoms with Gasteiger partial charge in [-0.15, -0.1) is 0 Å². The lowest BCUT2D eigenvalue weighted by Crippen LogP contribution is -2.28. The van der Waals surface area contributed by atoms with Gasteiger partial charge in [-0.3, -0.25) is 4.68 Å². The number of benzene rings is 1. The number of anilines is 1. The van der Waals surface area contributed by atoms with Crippen LogP contribution in [0.15, 0.2) is 22.7 Å². The van der Waals surface area contributed by atoms with Gasteiger partial charge in [0.1, 0.15) is 0 Å². The number of carbonyl (C=O) groups excluding carboxylic acids is 1. The van der Waals surface area contributed by atoms with Gasteiger partial charge in [-0.2, -0.15) is 5.10 Å². The Hall–Kier alpha value is -1.86. The number of methoxy groups -OCH3 is 1. The molecule has 2 amide bonds. The zero-order chi connectivity index (χ0) is 17.7. The molecule has 0 unspecified atom stereocenters. The molecule has 1 aromatic heterocycles. The lowest BCUT2D eigenvalue weighted by molar-refractivity contribution is 0.182. The van der Waals surface area contributed by atoms with Crippen LogP contribution in [-0.2, 0) is 17.8 Å². The molecule has 0 atom stereocenters. The van der Waals surface area contributed by atoms with E-state index in [9.17, 15) is 4.79 Å².